The van der Waals surface area contributed by atoms with Crippen LogP contribution in [0.15, 0.2) is 5.03 Å². The lowest BCUT2D eigenvalue weighted by molar-refractivity contribution is -0.388. The van der Waals surface area contributed by atoms with E-state index < -0.39 is 16.1 Å². The molecule has 1 rings (SSSR count). The first-order valence-electron chi connectivity index (χ1n) is 5.48. The fourth-order valence-electron chi connectivity index (χ4n) is 1.49. The largest absolute Gasteiger partial charge is 0.480 e. The van der Waals surface area contributed by atoms with Crippen LogP contribution >= 0.6 is 11.8 Å². The highest BCUT2D eigenvalue weighted by molar-refractivity contribution is 8.00. The third-order valence-electron chi connectivity index (χ3n) is 2.35. The second kappa shape index (κ2) is 5.85. The highest BCUT2D eigenvalue weighted by atomic mass is 32.2. The van der Waals surface area contributed by atoms with Crippen molar-refractivity contribution in [3.05, 3.63) is 15.8 Å². The van der Waals surface area contributed by atoms with Crippen molar-refractivity contribution in [2.45, 2.75) is 37.0 Å². The zero-order valence-electron chi connectivity index (χ0n) is 10.4. The Morgan fingerprint density at radius 3 is 2.72 bits per heavy atom. The second-order valence-corrected chi connectivity index (χ2v) is 5.16. The number of carboxylic acid groups (broad SMARTS) is 1. The number of nitrogens with zero attached hydrogens (tertiary/aromatic N) is 3. The monoisotopic (exact) mass is 273 g/mol. The normalized spacial score (nSPS) is 12.4. The molecule has 0 radical (unpaired) electrons. The predicted octanol–water partition coefficient (Wildman–Crippen LogP) is 1.85. The van der Waals surface area contributed by atoms with Gasteiger partial charge >= 0.3 is 11.7 Å². The number of aromatic nitrogens is 2. The van der Waals surface area contributed by atoms with Crippen molar-refractivity contribution >= 4 is 23.4 Å². The van der Waals surface area contributed by atoms with Gasteiger partial charge < -0.3 is 5.11 Å². The zero-order chi connectivity index (χ0) is 13.9. The molecule has 0 amide bonds. The Balaban J connectivity index is 3.17. The summed E-state index contributed by atoms with van der Waals surface area (Å²) in [5, 5.41) is 23.6. The molecule has 0 aliphatic rings. The van der Waals surface area contributed by atoms with Crippen LogP contribution in [0.25, 0.3) is 0 Å². The lowest BCUT2D eigenvalue weighted by Gasteiger charge is -2.05. The van der Waals surface area contributed by atoms with Crippen LogP contribution in [-0.4, -0.2) is 31.0 Å². The van der Waals surface area contributed by atoms with Gasteiger partial charge in [0.2, 0.25) is 0 Å². The summed E-state index contributed by atoms with van der Waals surface area (Å²) in [6, 6.07) is 0. The summed E-state index contributed by atoms with van der Waals surface area (Å²) >= 11 is 0.939. The summed E-state index contributed by atoms with van der Waals surface area (Å²) in [5.74, 6) is -1.01. The van der Waals surface area contributed by atoms with Crippen LogP contribution in [0.1, 0.15) is 26.0 Å². The molecule has 1 aromatic heterocycles. The van der Waals surface area contributed by atoms with Gasteiger partial charge in [0.05, 0.1) is 4.92 Å². The molecular weight excluding hydrogens is 258 g/mol. The molecule has 1 heterocycles. The first kappa shape index (κ1) is 14.5. The van der Waals surface area contributed by atoms with Crippen molar-refractivity contribution in [3.63, 3.8) is 0 Å². The minimum absolute atomic E-state index is 0.0718. The lowest BCUT2D eigenvalue weighted by Crippen LogP contribution is -2.12. The van der Waals surface area contributed by atoms with Gasteiger partial charge in [-0.05, 0) is 13.3 Å². The van der Waals surface area contributed by atoms with Crippen LogP contribution in [0.3, 0.4) is 0 Å². The molecule has 0 bridgehead atoms. The Morgan fingerprint density at radius 1 is 1.67 bits per heavy atom. The third-order valence-corrected chi connectivity index (χ3v) is 3.58. The SMILES string of the molecule is CCCc1nn(C)c(SC(C)C(=O)O)c1[N+](=O)[O-]. The molecule has 0 spiro atoms. The number of carbonyl (C=O) groups is 1. The summed E-state index contributed by atoms with van der Waals surface area (Å²) in [6.45, 7) is 3.40. The van der Waals surface area contributed by atoms with Crippen LogP contribution in [0, 0.1) is 10.1 Å². The maximum absolute atomic E-state index is 11.1. The van der Waals surface area contributed by atoms with Crippen LogP contribution in [0.2, 0.25) is 0 Å². The van der Waals surface area contributed by atoms with Crippen LogP contribution in [0.5, 0.6) is 0 Å². The van der Waals surface area contributed by atoms with E-state index in [2.05, 4.69) is 5.10 Å². The smallest absolute Gasteiger partial charge is 0.323 e. The molecule has 8 heteroatoms. The molecule has 0 aliphatic carbocycles. The first-order chi connectivity index (χ1) is 8.38. The maximum Gasteiger partial charge on any atom is 0.323 e. The number of carboxylic acids is 1. The quantitative estimate of drug-likeness (QED) is 0.482. The van der Waals surface area contributed by atoms with E-state index >= 15 is 0 Å². The molecule has 18 heavy (non-hydrogen) atoms. The predicted molar refractivity (Wildman–Crippen MR) is 66.8 cm³/mol. The average molecular weight is 273 g/mol. The van der Waals surface area contributed by atoms with E-state index in [9.17, 15) is 14.9 Å². The number of hydrogen-bond acceptors (Lipinski definition) is 5. The molecule has 0 aliphatic heterocycles. The van der Waals surface area contributed by atoms with Crippen LogP contribution in [0.4, 0.5) is 5.69 Å². The topological polar surface area (TPSA) is 98.3 Å². The van der Waals surface area contributed by atoms with E-state index in [1.807, 2.05) is 6.92 Å². The Hall–Kier alpha value is -1.57. The molecular formula is C10H15N3O4S. The first-order valence-corrected chi connectivity index (χ1v) is 6.36. The van der Waals surface area contributed by atoms with Gasteiger partial charge in [-0.25, -0.2) is 0 Å². The lowest BCUT2D eigenvalue weighted by atomic mass is 10.2. The molecule has 1 unspecified atom stereocenters. The molecule has 1 N–H and O–H groups in total. The standard InChI is InChI=1S/C10H15N3O4S/c1-4-5-7-8(13(16)17)9(12(3)11-7)18-6(2)10(14)15/h6H,4-5H2,1-3H3,(H,14,15). The summed E-state index contributed by atoms with van der Waals surface area (Å²) < 4.78 is 1.38. The summed E-state index contributed by atoms with van der Waals surface area (Å²) in [5.41, 5.74) is 0.336. The minimum Gasteiger partial charge on any atom is -0.480 e. The number of aliphatic carboxylic acids is 1. The summed E-state index contributed by atoms with van der Waals surface area (Å²) in [4.78, 5) is 21.4. The van der Waals surface area contributed by atoms with E-state index in [0.717, 1.165) is 18.2 Å². The zero-order valence-corrected chi connectivity index (χ0v) is 11.2. The molecule has 100 valence electrons. The molecule has 1 aromatic rings. The number of thioether (sulfide) groups is 1. The van der Waals surface area contributed by atoms with Crippen molar-refractivity contribution in [1.29, 1.82) is 0 Å². The highest BCUT2D eigenvalue weighted by Gasteiger charge is 2.29. The number of hydrogen-bond donors (Lipinski definition) is 1. The summed E-state index contributed by atoms with van der Waals surface area (Å²) in [6.07, 6.45) is 1.25. The van der Waals surface area contributed by atoms with Crippen LogP contribution < -0.4 is 0 Å². The van der Waals surface area contributed by atoms with Crippen LogP contribution in [-0.2, 0) is 18.3 Å². The molecule has 0 aromatic carbocycles. The number of nitro groups is 1. The number of rotatable bonds is 6. The van der Waals surface area contributed by atoms with Gasteiger partial charge in [0.15, 0.2) is 5.03 Å². The molecule has 0 fully saturated rings. The molecule has 7 nitrogen and oxygen atoms in total. The van der Waals surface area contributed by atoms with Crippen molar-refractivity contribution in [1.82, 2.24) is 9.78 Å². The average Bonchev–Trinajstić information content (AvgIpc) is 2.55. The third kappa shape index (κ3) is 3.00. The minimum atomic E-state index is -1.01. The Morgan fingerprint density at radius 2 is 2.28 bits per heavy atom. The van der Waals surface area contributed by atoms with Gasteiger partial charge in [0, 0.05) is 7.05 Å². The van der Waals surface area contributed by atoms with E-state index in [1.165, 1.54) is 11.6 Å². The van der Waals surface area contributed by atoms with Crippen molar-refractivity contribution < 1.29 is 14.8 Å². The maximum atomic E-state index is 11.1. The summed E-state index contributed by atoms with van der Waals surface area (Å²) in [7, 11) is 1.59. The van der Waals surface area contributed by atoms with Gasteiger partial charge in [-0.3, -0.25) is 19.6 Å². The second-order valence-electron chi connectivity index (χ2n) is 3.83. The Bertz CT molecular complexity index is 472. The van der Waals surface area contributed by atoms with Crippen molar-refractivity contribution in [3.8, 4) is 0 Å². The van der Waals surface area contributed by atoms with E-state index in [0.29, 0.717) is 17.1 Å². The van der Waals surface area contributed by atoms with Gasteiger partial charge in [0.1, 0.15) is 10.9 Å². The highest BCUT2D eigenvalue weighted by Crippen LogP contribution is 2.34. The fourth-order valence-corrected chi connectivity index (χ4v) is 2.42. The van der Waals surface area contributed by atoms with E-state index in [4.69, 9.17) is 5.11 Å². The number of aryl methyl sites for hydroxylation is 2. The van der Waals surface area contributed by atoms with Gasteiger partial charge in [-0.15, -0.1) is 0 Å². The Kier molecular flexibility index (Phi) is 4.71. The molecule has 0 saturated carbocycles. The van der Waals surface area contributed by atoms with Gasteiger partial charge in [-0.2, -0.15) is 5.10 Å². The molecule has 0 saturated heterocycles. The van der Waals surface area contributed by atoms with E-state index in [1.54, 1.807) is 7.05 Å². The fraction of sp³-hybridized carbons (Fsp3) is 0.600. The van der Waals surface area contributed by atoms with Gasteiger partial charge in [-0.1, -0.05) is 25.1 Å². The van der Waals surface area contributed by atoms with Crippen molar-refractivity contribution in [2.75, 3.05) is 0 Å². The van der Waals surface area contributed by atoms with Gasteiger partial charge in [0.25, 0.3) is 0 Å². The van der Waals surface area contributed by atoms with E-state index in [-0.39, 0.29) is 5.69 Å². The van der Waals surface area contributed by atoms with Crippen molar-refractivity contribution in [2.24, 2.45) is 7.05 Å². The Labute approximate surface area is 108 Å². The molecule has 1 atom stereocenters.